The molecule has 2 aromatic rings. The Labute approximate surface area is 164 Å². The maximum absolute atomic E-state index is 12.2. The van der Waals surface area contributed by atoms with Crippen LogP contribution in [0.15, 0.2) is 41.8 Å². The van der Waals surface area contributed by atoms with Crippen molar-refractivity contribution in [2.75, 3.05) is 13.1 Å². The van der Waals surface area contributed by atoms with Gasteiger partial charge in [-0.3, -0.25) is 14.5 Å². The molecule has 0 spiro atoms. The molecule has 5 nitrogen and oxygen atoms in total. The molecule has 0 radical (unpaired) electrons. The van der Waals surface area contributed by atoms with Crippen molar-refractivity contribution >= 4 is 23.2 Å². The summed E-state index contributed by atoms with van der Waals surface area (Å²) in [5.74, 6) is -1.17. The van der Waals surface area contributed by atoms with Crippen LogP contribution in [0.25, 0.3) is 0 Å². The van der Waals surface area contributed by atoms with Crippen molar-refractivity contribution in [3.8, 4) is 0 Å². The lowest BCUT2D eigenvalue weighted by Crippen LogP contribution is -2.49. The van der Waals surface area contributed by atoms with Crippen LogP contribution in [0.3, 0.4) is 0 Å². The first kappa shape index (κ1) is 19.6. The van der Waals surface area contributed by atoms with Gasteiger partial charge in [-0.2, -0.15) is 0 Å². The number of benzene rings is 1. The second-order valence-electron chi connectivity index (χ2n) is 7.93. The zero-order chi connectivity index (χ0) is 19.4. The Morgan fingerprint density at radius 2 is 1.85 bits per heavy atom. The number of rotatable bonds is 4. The van der Waals surface area contributed by atoms with E-state index in [1.54, 1.807) is 11.3 Å². The van der Waals surface area contributed by atoms with Gasteiger partial charge in [0.15, 0.2) is 0 Å². The number of hydrogen-bond donors (Lipinski definition) is 2. The molecule has 1 aromatic carbocycles. The molecular formula is C21H27N3O2S. The third-order valence-electron chi connectivity index (χ3n) is 4.62. The van der Waals surface area contributed by atoms with E-state index in [-0.39, 0.29) is 6.04 Å². The van der Waals surface area contributed by atoms with Crippen molar-refractivity contribution in [3.05, 3.63) is 57.8 Å². The van der Waals surface area contributed by atoms with Gasteiger partial charge in [0, 0.05) is 30.1 Å². The molecule has 0 fully saturated rings. The molecule has 1 aromatic heterocycles. The molecule has 2 N–H and O–H groups in total. The fraction of sp³-hybridized carbons (Fsp3) is 0.429. The van der Waals surface area contributed by atoms with Crippen molar-refractivity contribution in [1.29, 1.82) is 0 Å². The summed E-state index contributed by atoms with van der Waals surface area (Å²) in [5, 5.41) is 7.59. The second kappa shape index (κ2) is 8.23. The maximum atomic E-state index is 12.2. The second-order valence-corrected chi connectivity index (χ2v) is 8.91. The molecule has 1 aliphatic heterocycles. The average Bonchev–Trinajstić information content (AvgIpc) is 3.14. The lowest BCUT2D eigenvalue weighted by atomic mass is 9.98. The van der Waals surface area contributed by atoms with E-state index in [4.69, 9.17) is 0 Å². The van der Waals surface area contributed by atoms with Crippen molar-refractivity contribution in [3.63, 3.8) is 0 Å². The Hall–Kier alpha value is -2.18. The molecule has 0 unspecified atom stereocenters. The first-order valence-corrected chi connectivity index (χ1v) is 10.2. The number of nitrogens with zero attached hydrogens (tertiary/aromatic N) is 1. The Kier molecular flexibility index (Phi) is 5.97. The van der Waals surface area contributed by atoms with Crippen LogP contribution in [0.4, 0.5) is 0 Å². The predicted molar refractivity (Wildman–Crippen MR) is 109 cm³/mol. The van der Waals surface area contributed by atoms with Crippen LogP contribution in [0.5, 0.6) is 0 Å². The normalized spacial score (nSPS) is 15.7. The number of thiophene rings is 1. The zero-order valence-corrected chi connectivity index (χ0v) is 16.9. The first-order valence-electron chi connectivity index (χ1n) is 9.28. The summed E-state index contributed by atoms with van der Waals surface area (Å²) in [7, 11) is 0. The van der Waals surface area contributed by atoms with Crippen molar-refractivity contribution in [2.45, 2.75) is 45.3 Å². The topological polar surface area (TPSA) is 61.4 Å². The highest BCUT2D eigenvalue weighted by Crippen LogP contribution is 2.29. The van der Waals surface area contributed by atoms with E-state index in [1.807, 2.05) is 32.2 Å². The lowest BCUT2D eigenvalue weighted by molar-refractivity contribution is -0.140. The van der Waals surface area contributed by atoms with Gasteiger partial charge in [-0.25, -0.2) is 0 Å². The van der Waals surface area contributed by atoms with Gasteiger partial charge < -0.3 is 10.6 Å². The highest BCUT2D eigenvalue weighted by Gasteiger charge is 2.27. The van der Waals surface area contributed by atoms with Gasteiger partial charge in [0.05, 0.1) is 6.04 Å². The van der Waals surface area contributed by atoms with Gasteiger partial charge in [-0.1, -0.05) is 30.3 Å². The van der Waals surface area contributed by atoms with E-state index in [0.717, 1.165) is 19.5 Å². The van der Waals surface area contributed by atoms with Gasteiger partial charge in [0.2, 0.25) is 0 Å². The van der Waals surface area contributed by atoms with Gasteiger partial charge in [0.1, 0.15) is 0 Å². The number of nitrogens with one attached hydrogen (secondary N) is 2. The third kappa shape index (κ3) is 5.17. The number of carbonyl (C=O) groups is 2. The predicted octanol–water partition coefficient (Wildman–Crippen LogP) is 2.88. The van der Waals surface area contributed by atoms with Gasteiger partial charge in [-0.15, -0.1) is 11.3 Å². The Morgan fingerprint density at radius 1 is 1.11 bits per heavy atom. The molecule has 0 aliphatic carbocycles. The van der Waals surface area contributed by atoms with Crippen molar-refractivity contribution < 1.29 is 9.59 Å². The number of hydrogen-bond acceptors (Lipinski definition) is 4. The minimum absolute atomic E-state index is 0.0599. The van der Waals surface area contributed by atoms with Gasteiger partial charge in [0.25, 0.3) is 0 Å². The van der Waals surface area contributed by atoms with Crippen LogP contribution in [0, 0.1) is 0 Å². The summed E-state index contributed by atoms with van der Waals surface area (Å²) >= 11 is 1.68. The molecule has 3 rings (SSSR count). The summed E-state index contributed by atoms with van der Waals surface area (Å²) in [6, 6.07) is 12.7. The van der Waals surface area contributed by atoms with Crippen LogP contribution >= 0.6 is 11.3 Å². The van der Waals surface area contributed by atoms with Crippen LogP contribution in [-0.4, -0.2) is 35.3 Å². The third-order valence-corrected chi connectivity index (χ3v) is 5.60. The highest BCUT2D eigenvalue weighted by molar-refractivity contribution is 7.10. The van der Waals surface area contributed by atoms with E-state index in [2.05, 4.69) is 45.9 Å². The minimum atomic E-state index is -0.587. The smallest absolute Gasteiger partial charge is 0.309 e. The first-order chi connectivity index (χ1) is 12.8. The molecule has 1 atom stereocenters. The SMILES string of the molecule is CC(C)(C)NC(=O)C(=O)NC[C@@H](c1cccs1)N1CCc2ccccc2C1. The van der Waals surface area contributed by atoms with Gasteiger partial charge >= 0.3 is 11.8 Å². The van der Waals surface area contributed by atoms with Crippen molar-refractivity contribution in [1.82, 2.24) is 15.5 Å². The molecule has 27 heavy (non-hydrogen) atoms. The minimum Gasteiger partial charge on any atom is -0.346 e. The zero-order valence-electron chi connectivity index (χ0n) is 16.1. The summed E-state index contributed by atoms with van der Waals surface area (Å²) < 4.78 is 0. The maximum Gasteiger partial charge on any atom is 0.309 e. The van der Waals surface area contributed by atoms with Crippen LogP contribution in [0.1, 0.15) is 42.8 Å². The van der Waals surface area contributed by atoms with Gasteiger partial charge in [-0.05, 0) is 49.8 Å². The number of fused-ring (bicyclic) bond motifs is 1. The molecule has 0 saturated carbocycles. The number of carbonyl (C=O) groups excluding carboxylic acids is 2. The Bertz CT molecular complexity index is 796. The highest BCUT2D eigenvalue weighted by atomic mass is 32.1. The molecule has 6 heteroatoms. The largest absolute Gasteiger partial charge is 0.346 e. The molecule has 2 heterocycles. The van der Waals surface area contributed by atoms with Crippen molar-refractivity contribution in [2.24, 2.45) is 0 Å². The molecule has 144 valence electrons. The van der Waals surface area contributed by atoms with Crippen LogP contribution in [-0.2, 0) is 22.6 Å². The molecular weight excluding hydrogens is 358 g/mol. The summed E-state index contributed by atoms with van der Waals surface area (Å²) in [6.07, 6.45) is 0.997. The van der Waals surface area contributed by atoms with E-state index in [0.29, 0.717) is 6.54 Å². The molecule has 0 bridgehead atoms. The standard InChI is InChI=1S/C21H27N3O2S/c1-21(2,3)23-20(26)19(25)22-13-17(18-9-6-12-27-18)24-11-10-15-7-4-5-8-16(15)14-24/h4-9,12,17H,10-11,13-14H2,1-3H3,(H,22,25)(H,23,26)/t17-/m0/s1. The van der Waals surface area contributed by atoms with E-state index < -0.39 is 17.4 Å². The summed E-state index contributed by atoms with van der Waals surface area (Å²) in [6.45, 7) is 7.78. The monoisotopic (exact) mass is 385 g/mol. The van der Waals surface area contributed by atoms with E-state index in [1.165, 1.54) is 16.0 Å². The van der Waals surface area contributed by atoms with E-state index in [9.17, 15) is 9.59 Å². The Morgan fingerprint density at radius 3 is 2.52 bits per heavy atom. The summed E-state index contributed by atoms with van der Waals surface area (Å²) in [4.78, 5) is 27.9. The quantitative estimate of drug-likeness (QED) is 0.796. The summed E-state index contributed by atoms with van der Waals surface area (Å²) in [5.41, 5.74) is 2.30. The molecule has 2 amide bonds. The Balaban J connectivity index is 1.69. The fourth-order valence-corrected chi connectivity index (χ4v) is 4.20. The van der Waals surface area contributed by atoms with E-state index >= 15 is 0 Å². The van der Waals surface area contributed by atoms with Crippen LogP contribution in [0.2, 0.25) is 0 Å². The number of amides is 2. The van der Waals surface area contributed by atoms with Crippen LogP contribution < -0.4 is 10.6 Å². The molecule has 1 aliphatic rings. The lowest BCUT2D eigenvalue weighted by Gasteiger charge is -2.35. The fourth-order valence-electron chi connectivity index (χ4n) is 3.34. The average molecular weight is 386 g/mol. The molecule has 0 saturated heterocycles.